The highest BCUT2D eigenvalue weighted by Gasteiger charge is 2.29. The maximum atomic E-state index is 13.4. The van der Waals surface area contributed by atoms with Gasteiger partial charge in [0.2, 0.25) is 21.8 Å². The fourth-order valence-electron chi connectivity index (χ4n) is 3.78. The maximum absolute atomic E-state index is 13.4. The Bertz CT molecular complexity index is 1130. The van der Waals surface area contributed by atoms with E-state index in [0.29, 0.717) is 18.0 Å². The summed E-state index contributed by atoms with van der Waals surface area (Å²) in [6, 6.07) is 13.4. The molecule has 0 aliphatic heterocycles. The lowest BCUT2D eigenvalue weighted by Gasteiger charge is -2.31. The second-order valence-electron chi connectivity index (χ2n) is 9.10. The highest BCUT2D eigenvalue weighted by molar-refractivity contribution is 7.92. The summed E-state index contributed by atoms with van der Waals surface area (Å²) >= 11 is 12.3. The minimum absolute atomic E-state index is 0.0418. The molecule has 198 valence electrons. The van der Waals surface area contributed by atoms with Crippen molar-refractivity contribution < 1.29 is 18.0 Å². The van der Waals surface area contributed by atoms with Crippen LogP contribution in [0.2, 0.25) is 10.0 Å². The first-order chi connectivity index (χ1) is 16.9. The fourth-order valence-corrected chi connectivity index (χ4v) is 5.19. The molecule has 0 saturated heterocycles. The van der Waals surface area contributed by atoms with Gasteiger partial charge >= 0.3 is 0 Å². The lowest BCUT2D eigenvalue weighted by atomic mass is 10.1. The number of amides is 2. The van der Waals surface area contributed by atoms with Crippen LogP contribution >= 0.6 is 23.2 Å². The lowest BCUT2D eigenvalue weighted by molar-refractivity contribution is -0.141. The zero-order chi connectivity index (χ0) is 26.9. The number of hydrogen-bond donors (Lipinski definition) is 1. The molecule has 0 saturated carbocycles. The Morgan fingerprint density at radius 3 is 2.31 bits per heavy atom. The number of carbonyl (C=O) groups is 2. The third-order valence-corrected chi connectivity index (χ3v) is 7.33. The Morgan fingerprint density at radius 1 is 1.06 bits per heavy atom. The number of benzene rings is 2. The molecule has 0 aliphatic rings. The van der Waals surface area contributed by atoms with Gasteiger partial charge in [0, 0.05) is 31.1 Å². The van der Waals surface area contributed by atoms with Crippen molar-refractivity contribution in [3.8, 4) is 0 Å². The highest BCUT2D eigenvalue weighted by Crippen LogP contribution is 2.31. The fraction of sp³-hybridized carbons (Fsp3) is 0.462. The van der Waals surface area contributed by atoms with E-state index >= 15 is 0 Å². The molecule has 1 N–H and O–H groups in total. The van der Waals surface area contributed by atoms with Gasteiger partial charge in [0.15, 0.2) is 0 Å². The summed E-state index contributed by atoms with van der Waals surface area (Å²) in [6.07, 6.45) is 1.84. The van der Waals surface area contributed by atoms with Gasteiger partial charge in [-0.1, -0.05) is 74.3 Å². The van der Waals surface area contributed by atoms with E-state index in [1.807, 2.05) is 51.1 Å². The molecule has 2 rings (SSSR count). The van der Waals surface area contributed by atoms with Crippen molar-refractivity contribution in [1.29, 1.82) is 0 Å². The Kier molecular flexibility index (Phi) is 11.5. The van der Waals surface area contributed by atoms with Crippen LogP contribution in [0.5, 0.6) is 0 Å². The summed E-state index contributed by atoms with van der Waals surface area (Å²) in [5, 5.41) is 3.53. The van der Waals surface area contributed by atoms with Crippen molar-refractivity contribution in [2.24, 2.45) is 5.92 Å². The van der Waals surface area contributed by atoms with Gasteiger partial charge in [0.1, 0.15) is 6.04 Å². The van der Waals surface area contributed by atoms with Crippen molar-refractivity contribution in [2.75, 3.05) is 23.7 Å². The normalized spacial score (nSPS) is 12.3. The first kappa shape index (κ1) is 29.9. The molecule has 7 nitrogen and oxygen atoms in total. The van der Waals surface area contributed by atoms with Crippen LogP contribution in [0.1, 0.15) is 45.6 Å². The van der Waals surface area contributed by atoms with Crippen LogP contribution in [0.3, 0.4) is 0 Å². The number of halogens is 2. The molecule has 2 aromatic carbocycles. The standard InChI is InChI=1S/C26H35Cl2N3O4S/c1-5-23(26(33)29-17-19(2)3)30(18-20-10-7-6-8-11-20)25(32)12-9-15-31(36(4,34)35)24-16-21(27)13-14-22(24)28/h6-8,10-11,13-14,16,19,23H,5,9,12,15,17-18H2,1-4H3,(H,29,33). The van der Waals surface area contributed by atoms with Crippen molar-refractivity contribution in [3.05, 3.63) is 64.1 Å². The second kappa shape index (κ2) is 13.9. The van der Waals surface area contributed by atoms with Crippen LogP contribution in [-0.4, -0.2) is 50.5 Å². The molecular formula is C26H35Cl2N3O4S. The molecule has 0 heterocycles. The first-order valence-electron chi connectivity index (χ1n) is 12.0. The Balaban J connectivity index is 2.21. The van der Waals surface area contributed by atoms with E-state index in [1.54, 1.807) is 11.0 Å². The molecule has 0 spiro atoms. The van der Waals surface area contributed by atoms with Crippen LogP contribution in [-0.2, 0) is 26.2 Å². The molecule has 0 fully saturated rings. The second-order valence-corrected chi connectivity index (χ2v) is 11.9. The van der Waals surface area contributed by atoms with Crippen LogP contribution < -0.4 is 9.62 Å². The van der Waals surface area contributed by atoms with Gasteiger partial charge in [-0.2, -0.15) is 0 Å². The van der Waals surface area contributed by atoms with Crippen molar-refractivity contribution >= 4 is 50.7 Å². The van der Waals surface area contributed by atoms with Gasteiger partial charge in [0.05, 0.1) is 17.0 Å². The quantitative estimate of drug-likeness (QED) is 0.371. The number of nitrogens with zero attached hydrogens (tertiary/aromatic N) is 2. The van der Waals surface area contributed by atoms with E-state index in [0.717, 1.165) is 16.1 Å². The summed E-state index contributed by atoms with van der Waals surface area (Å²) < 4.78 is 26.1. The lowest BCUT2D eigenvalue weighted by Crippen LogP contribution is -2.49. The maximum Gasteiger partial charge on any atom is 0.242 e. The number of sulfonamides is 1. The smallest absolute Gasteiger partial charge is 0.242 e. The van der Waals surface area contributed by atoms with Crippen molar-refractivity contribution in [1.82, 2.24) is 10.2 Å². The highest BCUT2D eigenvalue weighted by atomic mass is 35.5. The van der Waals surface area contributed by atoms with E-state index in [9.17, 15) is 18.0 Å². The van der Waals surface area contributed by atoms with E-state index in [4.69, 9.17) is 23.2 Å². The van der Waals surface area contributed by atoms with Gasteiger partial charge in [-0.3, -0.25) is 13.9 Å². The molecule has 0 aromatic heterocycles. The number of nitrogens with one attached hydrogen (secondary N) is 1. The van der Waals surface area contributed by atoms with Gasteiger partial charge in [-0.15, -0.1) is 0 Å². The average molecular weight is 557 g/mol. The summed E-state index contributed by atoms with van der Waals surface area (Å²) in [6.45, 7) is 6.73. The molecule has 36 heavy (non-hydrogen) atoms. The molecule has 10 heteroatoms. The van der Waals surface area contributed by atoms with E-state index in [2.05, 4.69) is 5.32 Å². The molecule has 1 atom stereocenters. The van der Waals surface area contributed by atoms with Crippen LogP contribution in [0.25, 0.3) is 0 Å². The topological polar surface area (TPSA) is 86.8 Å². The third kappa shape index (κ3) is 8.98. The van der Waals surface area contributed by atoms with Crippen LogP contribution in [0.4, 0.5) is 5.69 Å². The van der Waals surface area contributed by atoms with E-state index < -0.39 is 16.1 Å². The third-order valence-electron chi connectivity index (χ3n) is 5.60. The predicted molar refractivity (Wildman–Crippen MR) is 147 cm³/mol. The minimum Gasteiger partial charge on any atom is -0.354 e. The van der Waals surface area contributed by atoms with Crippen molar-refractivity contribution in [2.45, 2.75) is 52.6 Å². The predicted octanol–water partition coefficient (Wildman–Crippen LogP) is 5.12. The van der Waals surface area contributed by atoms with Crippen molar-refractivity contribution in [3.63, 3.8) is 0 Å². The van der Waals surface area contributed by atoms with Gasteiger partial charge in [-0.25, -0.2) is 8.42 Å². The van der Waals surface area contributed by atoms with E-state index in [1.165, 1.54) is 12.1 Å². The van der Waals surface area contributed by atoms with Gasteiger partial charge < -0.3 is 10.2 Å². The Hall–Kier alpha value is -2.29. The molecule has 0 aliphatic carbocycles. The molecule has 1 unspecified atom stereocenters. The summed E-state index contributed by atoms with van der Waals surface area (Å²) in [5.41, 5.74) is 1.17. The minimum atomic E-state index is -3.67. The number of carbonyl (C=O) groups excluding carboxylic acids is 2. The monoisotopic (exact) mass is 555 g/mol. The summed E-state index contributed by atoms with van der Waals surface area (Å²) in [7, 11) is -3.67. The number of hydrogen-bond acceptors (Lipinski definition) is 4. The Morgan fingerprint density at radius 2 is 1.72 bits per heavy atom. The first-order valence-corrected chi connectivity index (χ1v) is 14.6. The summed E-state index contributed by atoms with van der Waals surface area (Å²) in [5.74, 6) is -0.139. The van der Waals surface area contributed by atoms with Gasteiger partial charge in [-0.05, 0) is 42.5 Å². The number of anilines is 1. The van der Waals surface area contributed by atoms with E-state index in [-0.39, 0.29) is 54.4 Å². The summed E-state index contributed by atoms with van der Waals surface area (Å²) in [4.78, 5) is 28.0. The Labute approximate surface area is 224 Å². The van der Waals surface area contributed by atoms with Crippen LogP contribution in [0.15, 0.2) is 48.5 Å². The zero-order valence-electron chi connectivity index (χ0n) is 21.2. The van der Waals surface area contributed by atoms with Gasteiger partial charge in [0.25, 0.3) is 0 Å². The molecule has 0 radical (unpaired) electrons. The zero-order valence-corrected chi connectivity index (χ0v) is 23.5. The molecule has 2 amide bonds. The molecule has 0 bridgehead atoms. The molecule has 2 aromatic rings. The SMILES string of the molecule is CCC(C(=O)NCC(C)C)N(Cc1ccccc1)C(=O)CCCN(c1cc(Cl)ccc1Cl)S(C)(=O)=O. The van der Waals surface area contributed by atoms with Crippen LogP contribution in [0, 0.1) is 5.92 Å². The molecular weight excluding hydrogens is 521 g/mol. The average Bonchev–Trinajstić information content (AvgIpc) is 2.81. The largest absolute Gasteiger partial charge is 0.354 e. The number of rotatable bonds is 13.